The first-order valence-electron chi connectivity index (χ1n) is 8.86. The van der Waals surface area contributed by atoms with Gasteiger partial charge in [0, 0.05) is 0 Å². The molecule has 31 heavy (non-hydrogen) atoms. The Kier molecular flexibility index (Phi) is 7.35. The van der Waals surface area contributed by atoms with Gasteiger partial charge in [0.1, 0.15) is 18.3 Å². The smallest absolute Gasteiger partial charge is 0.349 e. The minimum Gasteiger partial charge on any atom is -0.394 e. The standard InChI is InChI=1S/C17H20N4O6.HNO3/c1-7-3-9-10(4-8(7)2)21(5-11(23)14(25)12(24)6-22)15-13(18-9)16(26)20-17(27)19-15;2-1(3)4/h3-4,11-12,14,22-25H,5-6H2,1-2H3,(H,20,26,27);(H,2,3,4)/t11-,12+,14-;/m0./s1. The number of rotatable bonds is 5. The Balaban J connectivity index is 0.000000785. The number of nitrogens with one attached hydrogen (secondary N) is 1. The number of aryl methyl sites for hydroxylation is 2. The quantitative estimate of drug-likeness (QED) is 0.144. The average Bonchev–Trinajstić information content (AvgIpc) is 2.68. The van der Waals surface area contributed by atoms with E-state index in [1.807, 2.05) is 13.8 Å². The van der Waals surface area contributed by atoms with E-state index in [-0.39, 0.29) is 18.1 Å². The highest BCUT2D eigenvalue weighted by Crippen LogP contribution is 2.24. The van der Waals surface area contributed by atoms with Crippen molar-refractivity contribution >= 4 is 11.0 Å². The van der Waals surface area contributed by atoms with Crippen molar-refractivity contribution in [2.75, 3.05) is 6.61 Å². The van der Waals surface area contributed by atoms with Crippen LogP contribution in [0.15, 0.2) is 21.7 Å². The predicted molar refractivity (Wildman–Crippen MR) is 104 cm³/mol. The zero-order valence-corrected chi connectivity index (χ0v) is 16.5. The van der Waals surface area contributed by atoms with Crippen molar-refractivity contribution in [3.8, 4) is 11.5 Å². The summed E-state index contributed by atoms with van der Waals surface area (Å²) in [5.41, 5.74) is 1.11. The van der Waals surface area contributed by atoms with Crippen molar-refractivity contribution in [3.63, 3.8) is 0 Å². The van der Waals surface area contributed by atoms with Crippen LogP contribution in [0.3, 0.4) is 0 Å². The molecule has 0 aliphatic carbocycles. The van der Waals surface area contributed by atoms with Gasteiger partial charge in [0.25, 0.3) is 10.6 Å². The van der Waals surface area contributed by atoms with E-state index in [0.717, 1.165) is 11.1 Å². The van der Waals surface area contributed by atoms with Crippen molar-refractivity contribution in [2.45, 2.75) is 38.7 Å². The fourth-order valence-electron chi connectivity index (χ4n) is 2.89. The molecule has 2 heterocycles. The summed E-state index contributed by atoms with van der Waals surface area (Å²) >= 11 is 0. The van der Waals surface area contributed by atoms with E-state index in [4.69, 9.17) is 20.4 Å². The summed E-state index contributed by atoms with van der Waals surface area (Å²) in [7, 11) is 0. The molecule has 0 aromatic heterocycles. The topological polar surface area (TPSA) is 225 Å². The number of aromatic amines is 1. The third-order valence-corrected chi connectivity index (χ3v) is 4.57. The van der Waals surface area contributed by atoms with E-state index in [1.165, 1.54) is 4.57 Å². The Morgan fingerprint density at radius 2 is 1.71 bits per heavy atom. The summed E-state index contributed by atoms with van der Waals surface area (Å²) in [5.74, 6) is -0.0516. The Bertz CT molecular complexity index is 1170. The van der Waals surface area contributed by atoms with Gasteiger partial charge in [-0.05, 0) is 37.1 Å². The molecule has 0 saturated heterocycles. The fraction of sp³-hybridized carbons (Fsp3) is 0.412. The van der Waals surface area contributed by atoms with E-state index < -0.39 is 41.3 Å². The van der Waals surface area contributed by atoms with Crippen LogP contribution < -0.4 is 11.2 Å². The van der Waals surface area contributed by atoms with Crippen LogP contribution in [0.2, 0.25) is 0 Å². The predicted octanol–water partition coefficient (Wildman–Crippen LogP) is -2.07. The van der Waals surface area contributed by atoms with Gasteiger partial charge in [0.15, 0.2) is 11.5 Å². The molecule has 168 valence electrons. The molecule has 1 aromatic rings. The Hall–Kier alpha value is -3.46. The molecule has 0 spiro atoms. The Labute approximate surface area is 173 Å². The molecule has 14 nitrogen and oxygen atoms in total. The first kappa shape index (κ1) is 23.8. The second-order valence-electron chi connectivity index (χ2n) is 6.74. The minimum atomic E-state index is -1.64. The Morgan fingerprint density at radius 1 is 1.13 bits per heavy atom. The molecule has 0 unspecified atom stereocenters. The number of aliphatic hydroxyl groups excluding tert-OH is 4. The number of H-pyrrole nitrogens is 1. The highest BCUT2D eigenvalue weighted by molar-refractivity contribution is 5.81. The van der Waals surface area contributed by atoms with Gasteiger partial charge in [-0.25, -0.2) is 9.78 Å². The zero-order chi connectivity index (χ0) is 23.5. The van der Waals surface area contributed by atoms with Gasteiger partial charge in [-0.1, -0.05) is 0 Å². The van der Waals surface area contributed by atoms with Crippen LogP contribution in [0, 0.1) is 24.0 Å². The monoisotopic (exact) mass is 439 g/mol. The maximum Gasteiger partial charge on any atom is 0.349 e. The van der Waals surface area contributed by atoms with Crippen LogP contribution in [0.1, 0.15) is 11.1 Å². The van der Waals surface area contributed by atoms with Crippen molar-refractivity contribution in [2.24, 2.45) is 0 Å². The molecule has 0 bridgehead atoms. The van der Waals surface area contributed by atoms with Crippen molar-refractivity contribution in [3.05, 3.63) is 54.2 Å². The third kappa shape index (κ3) is 5.37. The molecule has 2 aliphatic heterocycles. The van der Waals surface area contributed by atoms with Crippen LogP contribution >= 0.6 is 0 Å². The maximum atomic E-state index is 12.2. The lowest BCUT2D eigenvalue weighted by Gasteiger charge is -2.25. The number of hydrogen-bond acceptors (Lipinski definition) is 10. The second kappa shape index (κ2) is 9.57. The lowest BCUT2D eigenvalue weighted by Crippen LogP contribution is -2.42. The molecular formula is C17H21N5O9. The molecule has 0 saturated carbocycles. The Morgan fingerprint density at radius 3 is 2.29 bits per heavy atom. The summed E-state index contributed by atoms with van der Waals surface area (Å²) in [6.07, 6.45) is -4.68. The summed E-state index contributed by atoms with van der Waals surface area (Å²) in [4.78, 5) is 42.4. The van der Waals surface area contributed by atoms with Gasteiger partial charge in [0.2, 0.25) is 0 Å². The number of aliphatic hydroxyl groups is 4. The molecule has 3 rings (SSSR count). The average molecular weight is 439 g/mol. The van der Waals surface area contributed by atoms with E-state index in [2.05, 4.69) is 15.0 Å². The van der Waals surface area contributed by atoms with Crippen molar-refractivity contribution < 1.29 is 30.7 Å². The molecule has 3 atom stereocenters. The van der Waals surface area contributed by atoms with Gasteiger partial charge in [-0.2, -0.15) is 4.98 Å². The number of nitrogens with zero attached hydrogens (tertiary/aromatic N) is 4. The lowest BCUT2D eigenvalue weighted by atomic mass is 10.1. The van der Waals surface area contributed by atoms with Gasteiger partial charge >= 0.3 is 5.69 Å². The molecule has 0 radical (unpaired) electrons. The highest BCUT2D eigenvalue weighted by atomic mass is 16.9. The summed E-state index contributed by atoms with van der Waals surface area (Å²) < 4.78 is 1.40. The molecule has 14 heteroatoms. The number of fused-ring (bicyclic) bond motifs is 2. The molecule has 0 fully saturated rings. The van der Waals surface area contributed by atoms with Crippen molar-refractivity contribution in [1.82, 2.24) is 19.5 Å². The largest absolute Gasteiger partial charge is 0.394 e. The van der Waals surface area contributed by atoms with E-state index in [9.17, 15) is 24.9 Å². The molecule has 2 aliphatic rings. The number of hydrogen-bond donors (Lipinski definition) is 6. The fourth-order valence-corrected chi connectivity index (χ4v) is 2.89. The number of aromatic nitrogens is 4. The van der Waals surface area contributed by atoms with Crippen molar-refractivity contribution in [1.29, 1.82) is 0 Å². The second-order valence-corrected chi connectivity index (χ2v) is 6.74. The lowest BCUT2D eigenvalue weighted by molar-refractivity contribution is -0.742. The summed E-state index contributed by atoms with van der Waals surface area (Å²) in [5, 5.41) is 52.4. The maximum absolute atomic E-state index is 12.2. The number of benzene rings is 1. The normalized spacial score (nSPS) is 14.0. The van der Waals surface area contributed by atoms with Gasteiger partial charge in [-0.3, -0.25) is 9.78 Å². The van der Waals surface area contributed by atoms with E-state index in [0.29, 0.717) is 11.0 Å². The first-order valence-corrected chi connectivity index (χ1v) is 8.86. The van der Waals surface area contributed by atoms with Gasteiger partial charge in [0.05, 0.1) is 24.2 Å². The van der Waals surface area contributed by atoms with E-state index >= 15 is 0 Å². The highest BCUT2D eigenvalue weighted by Gasteiger charge is 2.27. The molecule has 6 N–H and O–H groups in total. The van der Waals surface area contributed by atoms with Crippen LogP contribution in [0.5, 0.6) is 0 Å². The van der Waals surface area contributed by atoms with Gasteiger partial charge in [-0.15, -0.1) is 10.1 Å². The summed E-state index contributed by atoms with van der Waals surface area (Å²) in [6.45, 7) is 2.73. The molecule has 0 amide bonds. The van der Waals surface area contributed by atoms with Crippen LogP contribution in [-0.2, 0) is 6.54 Å². The molecule has 1 aromatic carbocycles. The van der Waals surface area contributed by atoms with Crippen LogP contribution in [0.25, 0.3) is 22.6 Å². The third-order valence-electron chi connectivity index (χ3n) is 4.57. The van der Waals surface area contributed by atoms with E-state index in [1.54, 1.807) is 12.1 Å². The van der Waals surface area contributed by atoms with Gasteiger partial charge < -0.3 is 30.2 Å². The van der Waals surface area contributed by atoms with Crippen LogP contribution in [0.4, 0.5) is 0 Å². The first-order chi connectivity index (χ1) is 14.5. The zero-order valence-electron chi connectivity index (χ0n) is 16.5. The minimum absolute atomic E-state index is 0.0516. The summed E-state index contributed by atoms with van der Waals surface area (Å²) in [6, 6.07) is 3.53. The SMILES string of the molecule is Cc1cc2nc3c(=O)[nH]c(=O)nc-3n(C[C@H](O)[C@H](O)[C@H](O)CO)c2cc1C.O=[N+]([O-])O. The van der Waals surface area contributed by atoms with Crippen LogP contribution in [-0.4, -0.2) is 75.2 Å². The molecular weight excluding hydrogens is 418 g/mol.